The second-order valence-electron chi connectivity index (χ2n) is 8.73. The lowest BCUT2D eigenvalue weighted by Gasteiger charge is -2.17. The average molecular weight is 506 g/mol. The maximum absolute atomic E-state index is 14.2. The van der Waals surface area contributed by atoms with Crippen LogP contribution in [0, 0.1) is 5.82 Å². The number of carbonyl (C=O) groups is 2. The third-order valence-corrected chi connectivity index (χ3v) is 6.17. The second kappa shape index (κ2) is 10.7. The highest BCUT2D eigenvalue weighted by atomic mass is 19.1. The Bertz CT molecular complexity index is 1380. The van der Waals surface area contributed by atoms with Gasteiger partial charge in [0.25, 0.3) is 0 Å². The fourth-order valence-corrected chi connectivity index (χ4v) is 4.28. The Hall–Kier alpha value is -4.40. The number of fused-ring (bicyclic) bond motifs is 1. The molecule has 1 aromatic heterocycles. The molecule has 0 unspecified atom stereocenters. The summed E-state index contributed by atoms with van der Waals surface area (Å²) >= 11 is 0. The van der Waals surface area contributed by atoms with Gasteiger partial charge in [-0.1, -0.05) is 6.07 Å². The number of ketones is 1. The van der Waals surface area contributed by atoms with E-state index in [0.717, 1.165) is 33.4 Å². The number of aromatic nitrogens is 2. The first-order chi connectivity index (χ1) is 17.7. The van der Waals surface area contributed by atoms with Crippen molar-refractivity contribution in [3.8, 4) is 17.2 Å². The number of carbonyl (C=O) groups excluding carboxylic acids is 2. The molecule has 1 N–H and O–H groups in total. The number of hydrogen-bond donors (Lipinski definition) is 1. The van der Waals surface area contributed by atoms with Crippen LogP contribution in [0.15, 0.2) is 48.3 Å². The molecule has 1 amide bonds. The molecule has 0 atom stereocenters. The molecule has 9 heteroatoms. The number of ether oxygens (including phenoxy) is 3. The maximum Gasteiger partial charge on any atom is 0.414 e. The average Bonchev–Trinajstić information content (AvgIpc) is 3.50. The predicted molar refractivity (Wildman–Crippen MR) is 138 cm³/mol. The van der Waals surface area contributed by atoms with Crippen LogP contribution in [-0.4, -0.2) is 55.1 Å². The highest BCUT2D eigenvalue weighted by Crippen LogP contribution is 2.46. The first-order valence-electron chi connectivity index (χ1n) is 11.6. The van der Waals surface area contributed by atoms with Crippen LogP contribution in [0.5, 0.6) is 17.2 Å². The number of benzene rings is 2. The van der Waals surface area contributed by atoms with Gasteiger partial charge in [0.1, 0.15) is 5.82 Å². The molecule has 1 heterocycles. The van der Waals surface area contributed by atoms with E-state index < -0.39 is 6.09 Å². The molecule has 192 valence electrons. The minimum absolute atomic E-state index is 0.113. The Labute approximate surface area is 214 Å². The van der Waals surface area contributed by atoms with Gasteiger partial charge in [-0.15, -0.1) is 0 Å². The van der Waals surface area contributed by atoms with E-state index in [9.17, 15) is 14.0 Å². The molecule has 1 aliphatic rings. The zero-order chi connectivity index (χ0) is 26.7. The summed E-state index contributed by atoms with van der Waals surface area (Å²) in [5.41, 5.74) is 5.07. The van der Waals surface area contributed by atoms with E-state index in [1.54, 1.807) is 38.5 Å². The van der Waals surface area contributed by atoms with Gasteiger partial charge in [0, 0.05) is 32.9 Å². The quantitative estimate of drug-likeness (QED) is 0.400. The second-order valence-corrected chi connectivity index (χ2v) is 8.73. The first kappa shape index (κ1) is 25.7. The van der Waals surface area contributed by atoms with E-state index in [-0.39, 0.29) is 23.8 Å². The number of methoxy groups -OCH3 is 2. The molecule has 0 fully saturated rings. The van der Waals surface area contributed by atoms with Gasteiger partial charge >= 0.3 is 6.09 Å². The van der Waals surface area contributed by atoms with Crippen molar-refractivity contribution in [2.45, 2.75) is 19.8 Å². The number of nitrogens with one attached hydrogen (secondary N) is 1. The SMILES string of the molecule is COc1cc(C=C2C(C)=C(CCC(=O)c3ncc[nH]3)c3cc(F)ccc32)cc(OC)c1OC(=O)N(C)C. The summed E-state index contributed by atoms with van der Waals surface area (Å²) in [4.78, 5) is 32.9. The van der Waals surface area contributed by atoms with Crippen LogP contribution in [0.25, 0.3) is 17.2 Å². The van der Waals surface area contributed by atoms with Crippen LogP contribution in [0.2, 0.25) is 0 Å². The summed E-state index contributed by atoms with van der Waals surface area (Å²) in [6, 6.07) is 8.13. The molecular formula is C28H28FN3O5. The topological polar surface area (TPSA) is 93.7 Å². The summed E-state index contributed by atoms with van der Waals surface area (Å²) in [6.45, 7) is 1.96. The van der Waals surface area contributed by atoms with Crippen molar-refractivity contribution in [3.63, 3.8) is 0 Å². The molecule has 8 nitrogen and oxygen atoms in total. The number of amides is 1. The number of Topliss-reactive ketones (excluding diaryl/α,β-unsaturated/α-hetero) is 1. The number of nitrogens with zero attached hydrogens (tertiary/aromatic N) is 2. The first-order valence-corrected chi connectivity index (χ1v) is 11.6. The fraction of sp³-hybridized carbons (Fsp3) is 0.250. The fourth-order valence-electron chi connectivity index (χ4n) is 4.28. The third-order valence-electron chi connectivity index (χ3n) is 6.17. The lowest BCUT2D eigenvalue weighted by atomic mass is 9.99. The summed E-state index contributed by atoms with van der Waals surface area (Å²) in [7, 11) is 6.11. The van der Waals surface area contributed by atoms with Crippen LogP contribution in [0.1, 0.15) is 47.1 Å². The predicted octanol–water partition coefficient (Wildman–Crippen LogP) is 5.62. The molecule has 1 aliphatic carbocycles. The Morgan fingerprint density at radius 3 is 2.38 bits per heavy atom. The molecule has 0 bridgehead atoms. The monoisotopic (exact) mass is 505 g/mol. The van der Waals surface area contributed by atoms with E-state index in [4.69, 9.17) is 14.2 Å². The molecular weight excluding hydrogens is 477 g/mol. The van der Waals surface area contributed by atoms with Gasteiger partial charge in [0.15, 0.2) is 23.1 Å². The normalized spacial score (nSPS) is 13.5. The van der Waals surface area contributed by atoms with E-state index in [1.807, 2.05) is 13.0 Å². The highest BCUT2D eigenvalue weighted by Gasteiger charge is 2.26. The van der Waals surface area contributed by atoms with Gasteiger partial charge in [0.2, 0.25) is 5.75 Å². The van der Waals surface area contributed by atoms with Crippen molar-refractivity contribution in [3.05, 3.63) is 76.6 Å². The molecule has 0 radical (unpaired) electrons. The number of hydrogen-bond acceptors (Lipinski definition) is 6. The zero-order valence-electron chi connectivity index (χ0n) is 21.3. The summed E-state index contributed by atoms with van der Waals surface area (Å²) in [6.07, 6.45) is 5.18. The van der Waals surface area contributed by atoms with Crippen LogP contribution in [0.4, 0.5) is 9.18 Å². The Balaban J connectivity index is 1.74. The van der Waals surface area contributed by atoms with Crippen molar-refractivity contribution < 1.29 is 28.2 Å². The number of halogens is 1. The Morgan fingerprint density at radius 1 is 1.08 bits per heavy atom. The van der Waals surface area contributed by atoms with Crippen molar-refractivity contribution >= 4 is 29.1 Å². The largest absolute Gasteiger partial charge is 0.493 e. The van der Waals surface area contributed by atoms with Gasteiger partial charge in [-0.25, -0.2) is 14.2 Å². The van der Waals surface area contributed by atoms with Gasteiger partial charge in [-0.05, 0) is 77.1 Å². The van der Waals surface area contributed by atoms with Gasteiger partial charge in [-0.3, -0.25) is 4.79 Å². The zero-order valence-corrected chi connectivity index (χ0v) is 21.3. The maximum atomic E-state index is 14.2. The summed E-state index contributed by atoms with van der Waals surface area (Å²) in [5, 5.41) is 0. The summed E-state index contributed by atoms with van der Waals surface area (Å²) < 4.78 is 30.7. The van der Waals surface area contributed by atoms with Crippen molar-refractivity contribution in [2.24, 2.45) is 0 Å². The minimum Gasteiger partial charge on any atom is -0.493 e. The van der Waals surface area contributed by atoms with Gasteiger partial charge in [-0.2, -0.15) is 0 Å². The van der Waals surface area contributed by atoms with Crippen molar-refractivity contribution in [1.29, 1.82) is 0 Å². The van der Waals surface area contributed by atoms with Crippen LogP contribution < -0.4 is 14.2 Å². The highest BCUT2D eigenvalue weighted by molar-refractivity contribution is 6.06. The van der Waals surface area contributed by atoms with Crippen molar-refractivity contribution in [1.82, 2.24) is 14.9 Å². The molecule has 2 aromatic carbocycles. The number of H-pyrrole nitrogens is 1. The molecule has 3 aromatic rings. The van der Waals surface area contributed by atoms with E-state index in [2.05, 4.69) is 9.97 Å². The lowest BCUT2D eigenvalue weighted by molar-refractivity contribution is 0.0975. The Kier molecular flexibility index (Phi) is 7.42. The number of aromatic amines is 1. The lowest BCUT2D eigenvalue weighted by Crippen LogP contribution is -2.25. The Morgan fingerprint density at radius 2 is 1.78 bits per heavy atom. The smallest absolute Gasteiger partial charge is 0.414 e. The molecule has 4 rings (SSSR count). The number of imidazole rings is 1. The van der Waals surface area contributed by atoms with E-state index in [1.165, 1.54) is 37.4 Å². The van der Waals surface area contributed by atoms with Crippen LogP contribution in [0.3, 0.4) is 0 Å². The minimum atomic E-state index is -0.568. The number of rotatable bonds is 8. The molecule has 0 spiro atoms. The molecule has 0 saturated heterocycles. The van der Waals surface area contributed by atoms with E-state index >= 15 is 0 Å². The van der Waals surface area contributed by atoms with E-state index in [0.29, 0.717) is 23.7 Å². The van der Waals surface area contributed by atoms with Gasteiger partial charge in [0.05, 0.1) is 14.2 Å². The van der Waals surface area contributed by atoms with Crippen LogP contribution in [-0.2, 0) is 0 Å². The molecule has 37 heavy (non-hydrogen) atoms. The summed E-state index contributed by atoms with van der Waals surface area (Å²) in [5.74, 6) is 0.662. The van der Waals surface area contributed by atoms with Crippen LogP contribution >= 0.6 is 0 Å². The molecule has 0 saturated carbocycles. The number of allylic oxidation sites excluding steroid dienone is 3. The van der Waals surface area contributed by atoms with Gasteiger partial charge < -0.3 is 24.1 Å². The molecule has 0 aliphatic heterocycles. The standard InChI is InChI=1S/C28H28FN3O5/c1-16-19(8-9-23(33)27-30-10-11-31-27)22-15-18(29)6-7-20(22)21(16)12-17-13-24(35-4)26(25(14-17)36-5)37-28(34)32(2)3/h6-7,10-15H,8-9H2,1-5H3,(H,30,31). The third kappa shape index (κ3) is 5.25. The van der Waals surface area contributed by atoms with Crippen molar-refractivity contribution in [2.75, 3.05) is 28.3 Å².